The van der Waals surface area contributed by atoms with Crippen molar-refractivity contribution in [2.24, 2.45) is 5.73 Å². The number of hydrogen-bond donors (Lipinski definition) is 1. The fourth-order valence-corrected chi connectivity index (χ4v) is 2.13. The van der Waals surface area contributed by atoms with Crippen LogP contribution in [0.2, 0.25) is 0 Å². The van der Waals surface area contributed by atoms with Crippen molar-refractivity contribution < 1.29 is 22.0 Å². The lowest BCUT2D eigenvalue weighted by Gasteiger charge is -2.18. The van der Waals surface area contributed by atoms with E-state index in [0.29, 0.717) is 0 Å². The highest BCUT2D eigenvalue weighted by atomic mass is 19.4. The van der Waals surface area contributed by atoms with Crippen LogP contribution in [0.15, 0.2) is 42.5 Å². The molecule has 0 aliphatic rings. The largest absolute Gasteiger partial charge is 0.416 e. The summed E-state index contributed by atoms with van der Waals surface area (Å²) in [6.45, 7) is 0. The number of hydrogen-bond acceptors (Lipinski definition) is 1. The van der Waals surface area contributed by atoms with E-state index in [4.69, 9.17) is 5.73 Å². The lowest BCUT2D eigenvalue weighted by atomic mass is 9.95. The van der Waals surface area contributed by atoms with Gasteiger partial charge in [-0.2, -0.15) is 13.2 Å². The van der Waals surface area contributed by atoms with E-state index in [1.54, 1.807) is 0 Å². The van der Waals surface area contributed by atoms with E-state index >= 15 is 0 Å². The van der Waals surface area contributed by atoms with Crippen LogP contribution in [0.25, 0.3) is 0 Å². The van der Waals surface area contributed by atoms with Crippen molar-refractivity contribution >= 4 is 0 Å². The van der Waals surface area contributed by atoms with Crippen LogP contribution in [0.5, 0.6) is 0 Å². The second kappa shape index (κ2) is 5.81. The minimum atomic E-state index is -4.55. The molecular formula is C15H12F5N. The first-order valence-corrected chi connectivity index (χ1v) is 6.15. The molecule has 6 heteroatoms. The quantitative estimate of drug-likeness (QED) is 0.844. The maximum Gasteiger partial charge on any atom is 0.416 e. The molecule has 0 radical (unpaired) electrons. The van der Waals surface area contributed by atoms with Gasteiger partial charge in [0.1, 0.15) is 0 Å². The molecule has 0 aliphatic heterocycles. The Morgan fingerprint density at radius 1 is 0.952 bits per heavy atom. The first-order valence-electron chi connectivity index (χ1n) is 6.15. The topological polar surface area (TPSA) is 26.0 Å². The number of rotatable bonds is 3. The zero-order valence-electron chi connectivity index (χ0n) is 10.8. The molecule has 0 spiro atoms. The molecular weight excluding hydrogens is 289 g/mol. The summed E-state index contributed by atoms with van der Waals surface area (Å²) in [5, 5.41) is 0. The van der Waals surface area contributed by atoms with Gasteiger partial charge in [0.25, 0.3) is 0 Å². The molecule has 1 atom stereocenters. The second-order valence-electron chi connectivity index (χ2n) is 4.61. The van der Waals surface area contributed by atoms with Crippen LogP contribution >= 0.6 is 0 Å². The highest BCUT2D eigenvalue weighted by Gasteiger charge is 2.34. The Morgan fingerprint density at radius 2 is 1.62 bits per heavy atom. The second-order valence-corrected chi connectivity index (χ2v) is 4.61. The molecule has 21 heavy (non-hydrogen) atoms. The first kappa shape index (κ1) is 15.4. The van der Waals surface area contributed by atoms with Gasteiger partial charge in [-0.3, -0.25) is 0 Å². The number of halogens is 5. The zero-order chi connectivity index (χ0) is 15.6. The average Bonchev–Trinajstić information content (AvgIpc) is 2.43. The van der Waals surface area contributed by atoms with E-state index in [1.807, 2.05) is 0 Å². The van der Waals surface area contributed by atoms with Gasteiger partial charge in [0.05, 0.1) is 5.56 Å². The normalized spacial score (nSPS) is 13.2. The summed E-state index contributed by atoms with van der Waals surface area (Å²) in [6.07, 6.45) is -4.77. The number of nitrogens with two attached hydrogens (primary N) is 1. The van der Waals surface area contributed by atoms with Gasteiger partial charge in [0.15, 0.2) is 11.6 Å². The van der Waals surface area contributed by atoms with Crippen molar-refractivity contribution in [3.05, 3.63) is 70.8 Å². The Morgan fingerprint density at radius 3 is 2.29 bits per heavy atom. The Labute approximate surface area is 118 Å². The molecule has 2 N–H and O–H groups in total. The van der Waals surface area contributed by atoms with Crippen LogP contribution in [0.3, 0.4) is 0 Å². The van der Waals surface area contributed by atoms with Crippen molar-refractivity contribution in [2.75, 3.05) is 0 Å². The van der Waals surface area contributed by atoms with Crippen molar-refractivity contribution in [3.63, 3.8) is 0 Å². The van der Waals surface area contributed by atoms with Crippen LogP contribution in [-0.4, -0.2) is 0 Å². The molecule has 0 fully saturated rings. The summed E-state index contributed by atoms with van der Waals surface area (Å²) < 4.78 is 65.4. The minimum Gasteiger partial charge on any atom is -0.324 e. The highest BCUT2D eigenvalue weighted by Crippen LogP contribution is 2.34. The standard InChI is InChI=1S/C15H12F5N/c16-12-7-3-4-9(14(12)17)8-13(21)10-5-1-2-6-11(10)15(18,19)20/h1-7,13H,8,21H2. The summed E-state index contributed by atoms with van der Waals surface area (Å²) in [5.74, 6) is -2.14. The summed E-state index contributed by atoms with van der Waals surface area (Å²) in [6, 6.07) is 7.27. The number of benzene rings is 2. The van der Waals surface area contributed by atoms with Gasteiger partial charge in [-0.1, -0.05) is 30.3 Å². The third-order valence-electron chi connectivity index (χ3n) is 3.14. The highest BCUT2D eigenvalue weighted by molar-refractivity contribution is 5.34. The van der Waals surface area contributed by atoms with Gasteiger partial charge in [0, 0.05) is 6.04 Å². The molecule has 0 saturated heterocycles. The molecule has 1 unspecified atom stereocenters. The van der Waals surface area contributed by atoms with Gasteiger partial charge >= 0.3 is 6.18 Å². The van der Waals surface area contributed by atoms with E-state index in [1.165, 1.54) is 30.3 Å². The molecule has 0 heterocycles. The summed E-state index contributed by atoms with van der Waals surface area (Å²) in [4.78, 5) is 0. The predicted molar refractivity (Wildman–Crippen MR) is 68.4 cm³/mol. The number of alkyl halides is 3. The molecule has 1 nitrogen and oxygen atoms in total. The first-order chi connectivity index (χ1) is 9.80. The van der Waals surface area contributed by atoms with Gasteiger partial charge in [-0.25, -0.2) is 8.78 Å². The lowest BCUT2D eigenvalue weighted by Crippen LogP contribution is -2.19. The van der Waals surface area contributed by atoms with Crippen molar-refractivity contribution in [2.45, 2.75) is 18.6 Å². The maximum absolute atomic E-state index is 13.6. The van der Waals surface area contributed by atoms with Crippen LogP contribution in [-0.2, 0) is 12.6 Å². The van der Waals surface area contributed by atoms with E-state index in [9.17, 15) is 22.0 Å². The van der Waals surface area contributed by atoms with E-state index in [0.717, 1.165) is 12.1 Å². The Balaban J connectivity index is 2.33. The van der Waals surface area contributed by atoms with Crippen LogP contribution in [0, 0.1) is 11.6 Å². The van der Waals surface area contributed by atoms with Crippen molar-refractivity contribution in [3.8, 4) is 0 Å². The van der Waals surface area contributed by atoms with Gasteiger partial charge in [-0.05, 0) is 29.7 Å². The Bertz CT molecular complexity index is 636. The predicted octanol–water partition coefficient (Wildman–Crippen LogP) is 4.23. The molecule has 2 aromatic carbocycles. The molecule has 2 aromatic rings. The molecule has 0 aromatic heterocycles. The third-order valence-corrected chi connectivity index (χ3v) is 3.14. The van der Waals surface area contributed by atoms with Crippen molar-refractivity contribution in [1.82, 2.24) is 0 Å². The minimum absolute atomic E-state index is 0.0560. The van der Waals surface area contributed by atoms with Crippen LogP contribution in [0.4, 0.5) is 22.0 Å². The lowest BCUT2D eigenvalue weighted by molar-refractivity contribution is -0.138. The van der Waals surface area contributed by atoms with Crippen LogP contribution in [0.1, 0.15) is 22.7 Å². The summed E-state index contributed by atoms with van der Waals surface area (Å²) in [5.41, 5.74) is 4.69. The van der Waals surface area contributed by atoms with Crippen LogP contribution < -0.4 is 5.73 Å². The molecule has 0 amide bonds. The zero-order valence-corrected chi connectivity index (χ0v) is 10.8. The summed E-state index contributed by atoms with van der Waals surface area (Å²) in [7, 11) is 0. The van der Waals surface area contributed by atoms with Gasteiger partial charge in [-0.15, -0.1) is 0 Å². The molecule has 112 valence electrons. The molecule has 0 aliphatic carbocycles. The SMILES string of the molecule is NC(Cc1cccc(F)c1F)c1ccccc1C(F)(F)F. The van der Waals surface area contributed by atoms with Gasteiger partial charge in [0.2, 0.25) is 0 Å². The fourth-order valence-electron chi connectivity index (χ4n) is 2.13. The molecule has 0 saturated carbocycles. The smallest absolute Gasteiger partial charge is 0.324 e. The third kappa shape index (κ3) is 3.39. The summed E-state index contributed by atoms with van der Waals surface area (Å²) >= 11 is 0. The average molecular weight is 301 g/mol. The monoisotopic (exact) mass is 301 g/mol. The van der Waals surface area contributed by atoms with Crippen molar-refractivity contribution in [1.29, 1.82) is 0 Å². The molecule has 0 bridgehead atoms. The van der Waals surface area contributed by atoms with E-state index in [2.05, 4.69) is 0 Å². The van der Waals surface area contributed by atoms with E-state index in [-0.39, 0.29) is 17.5 Å². The Kier molecular flexibility index (Phi) is 4.27. The van der Waals surface area contributed by atoms with Gasteiger partial charge < -0.3 is 5.73 Å². The molecule has 2 rings (SSSR count). The van der Waals surface area contributed by atoms with E-state index < -0.39 is 29.4 Å². The maximum atomic E-state index is 13.6. The fraction of sp³-hybridized carbons (Fsp3) is 0.200. The Hall–Kier alpha value is -1.95.